The Morgan fingerprint density at radius 1 is 1.28 bits per heavy atom. The first-order valence-electron chi connectivity index (χ1n) is 8.55. The first-order chi connectivity index (χ1) is 13.6. The lowest BCUT2D eigenvalue weighted by atomic mass is 9.86. The van der Waals surface area contributed by atoms with Crippen molar-refractivity contribution in [3.63, 3.8) is 0 Å². The Labute approximate surface area is 162 Å². The number of guanidine groups is 2. The molecule has 0 bridgehead atoms. The fraction of sp³-hybridized carbons (Fsp3) is 0.438. The van der Waals surface area contributed by atoms with E-state index < -0.39 is 59.4 Å². The molecule has 3 heterocycles. The quantitative estimate of drug-likeness (QED) is 0.225. The van der Waals surface area contributed by atoms with E-state index in [1.807, 2.05) is 0 Å². The van der Waals surface area contributed by atoms with E-state index in [1.54, 1.807) is 0 Å². The number of halogens is 2. The molecule has 4 atom stereocenters. The minimum atomic E-state index is -2.81. The van der Waals surface area contributed by atoms with Crippen LogP contribution in [0.5, 0.6) is 0 Å². The molecule has 3 aliphatic rings. The van der Waals surface area contributed by atoms with Gasteiger partial charge in [0.05, 0.1) is 18.7 Å². The molecule has 11 nitrogen and oxygen atoms in total. The third kappa shape index (κ3) is 2.62. The van der Waals surface area contributed by atoms with Gasteiger partial charge in [0.15, 0.2) is 23.7 Å². The average Bonchev–Trinajstić information content (AvgIpc) is 3.09. The molecule has 3 aliphatic heterocycles. The number of nitrogens with zero attached hydrogens (tertiary/aromatic N) is 3. The van der Waals surface area contributed by atoms with Gasteiger partial charge in [-0.1, -0.05) is 0 Å². The highest BCUT2D eigenvalue weighted by molar-refractivity contribution is 5.90. The number of hydrogen-bond donors (Lipinski definition) is 6. The van der Waals surface area contributed by atoms with Crippen molar-refractivity contribution >= 4 is 17.9 Å². The number of nitrogens with one attached hydrogen (secondary N) is 1. The molecular weight excluding hydrogens is 394 g/mol. The summed E-state index contributed by atoms with van der Waals surface area (Å²) in [6.07, 6.45) is -1.62. The minimum Gasteiger partial charge on any atom is -0.451 e. The Hall–Kier alpha value is -3.03. The van der Waals surface area contributed by atoms with Crippen molar-refractivity contribution in [2.75, 3.05) is 13.2 Å². The summed E-state index contributed by atoms with van der Waals surface area (Å²) in [7, 11) is 0. The van der Waals surface area contributed by atoms with Gasteiger partial charge < -0.3 is 41.7 Å². The Bertz CT molecular complexity index is 920. The molecule has 0 unspecified atom stereocenters. The second-order valence-corrected chi connectivity index (χ2v) is 6.98. The second-order valence-electron chi connectivity index (χ2n) is 6.98. The van der Waals surface area contributed by atoms with Crippen molar-refractivity contribution in [1.29, 1.82) is 0 Å². The third-order valence-corrected chi connectivity index (χ3v) is 5.28. The first-order valence-corrected chi connectivity index (χ1v) is 8.55. The van der Waals surface area contributed by atoms with E-state index in [9.17, 15) is 28.9 Å². The SMILES string of the molecule is NC1=N[C@H]2[C@H](CO)N=C(N)N3C[C@H](OC(=O)c4cc(F)cc(F)c4)C(O)(O)[C@]23N1. The number of esters is 1. The van der Waals surface area contributed by atoms with E-state index in [0.717, 1.165) is 12.1 Å². The maximum absolute atomic E-state index is 13.4. The Morgan fingerprint density at radius 3 is 2.55 bits per heavy atom. The highest BCUT2D eigenvalue weighted by Crippen LogP contribution is 2.45. The van der Waals surface area contributed by atoms with E-state index in [-0.39, 0.29) is 18.5 Å². The Kier molecular flexibility index (Phi) is 4.15. The van der Waals surface area contributed by atoms with Crippen LogP contribution in [0.1, 0.15) is 10.4 Å². The van der Waals surface area contributed by atoms with Gasteiger partial charge in [-0.25, -0.2) is 23.6 Å². The fourth-order valence-corrected chi connectivity index (χ4v) is 4.04. The summed E-state index contributed by atoms with van der Waals surface area (Å²) < 4.78 is 31.9. The molecule has 4 rings (SSSR count). The van der Waals surface area contributed by atoms with Crippen molar-refractivity contribution in [2.24, 2.45) is 21.5 Å². The fourth-order valence-electron chi connectivity index (χ4n) is 4.04. The zero-order chi connectivity index (χ0) is 21.1. The molecule has 0 radical (unpaired) electrons. The van der Waals surface area contributed by atoms with Gasteiger partial charge in [-0.3, -0.25) is 0 Å². The normalized spacial score (nSPS) is 32.0. The minimum absolute atomic E-state index is 0.157. The van der Waals surface area contributed by atoms with Crippen LogP contribution in [0.3, 0.4) is 0 Å². The van der Waals surface area contributed by atoms with Gasteiger partial charge in [-0.2, -0.15) is 0 Å². The van der Waals surface area contributed by atoms with Crippen LogP contribution in [-0.4, -0.2) is 80.9 Å². The van der Waals surface area contributed by atoms with Gasteiger partial charge in [0.1, 0.15) is 23.7 Å². The lowest BCUT2D eigenvalue weighted by molar-refractivity contribution is -0.257. The van der Waals surface area contributed by atoms with Gasteiger partial charge in [0.25, 0.3) is 0 Å². The van der Waals surface area contributed by atoms with E-state index in [0.29, 0.717) is 6.07 Å². The van der Waals surface area contributed by atoms with Crippen LogP contribution >= 0.6 is 0 Å². The molecule has 1 aromatic carbocycles. The molecule has 0 amide bonds. The molecule has 13 heteroatoms. The number of ether oxygens (including phenoxy) is 1. The van der Waals surface area contributed by atoms with E-state index in [2.05, 4.69) is 15.3 Å². The van der Waals surface area contributed by atoms with Crippen LogP contribution in [0.15, 0.2) is 28.2 Å². The maximum Gasteiger partial charge on any atom is 0.338 e. The van der Waals surface area contributed by atoms with Crippen LogP contribution in [0.25, 0.3) is 0 Å². The third-order valence-electron chi connectivity index (χ3n) is 5.28. The zero-order valence-electron chi connectivity index (χ0n) is 14.8. The molecule has 1 spiro atoms. The number of aliphatic hydroxyl groups is 3. The highest BCUT2D eigenvalue weighted by atomic mass is 19.1. The highest BCUT2D eigenvalue weighted by Gasteiger charge is 2.74. The average molecular weight is 412 g/mol. The largest absolute Gasteiger partial charge is 0.451 e. The van der Waals surface area contributed by atoms with Crippen LogP contribution in [0, 0.1) is 11.6 Å². The monoisotopic (exact) mass is 412 g/mol. The van der Waals surface area contributed by atoms with Gasteiger partial charge >= 0.3 is 5.97 Å². The summed E-state index contributed by atoms with van der Waals surface area (Å²) in [4.78, 5) is 21.8. The molecule has 1 aromatic rings. The maximum atomic E-state index is 13.4. The van der Waals surface area contributed by atoms with Gasteiger partial charge in [-0.05, 0) is 12.1 Å². The predicted octanol–water partition coefficient (Wildman–Crippen LogP) is -2.84. The zero-order valence-corrected chi connectivity index (χ0v) is 14.8. The van der Waals surface area contributed by atoms with Crippen molar-refractivity contribution < 1.29 is 33.6 Å². The van der Waals surface area contributed by atoms with Crippen LogP contribution in [0.4, 0.5) is 8.78 Å². The summed E-state index contributed by atoms with van der Waals surface area (Å²) in [5.41, 5.74) is 9.32. The van der Waals surface area contributed by atoms with E-state index >= 15 is 0 Å². The lowest BCUT2D eigenvalue weighted by Gasteiger charge is -2.48. The molecule has 0 saturated carbocycles. The lowest BCUT2D eigenvalue weighted by Crippen LogP contribution is -2.77. The summed E-state index contributed by atoms with van der Waals surface area (Å²) in [5, 5.41) is 34.2. The molecule has 0 aromatic heterocycles. The topological polar surface area (TPSA) is 179 Å². The molecular formula is C16H18F2N6O5. The van der Waals surface area contributed by atoms with Gasteiger partial charge in [-0.15, -0.1) is 0 Å². The van der Waals surface area contributed by atoms with E-state index in [4.69, 9.17) is 16.2 Å². The Morgan fingerprint density at radius 2 is 1.93 bits per heavy atom. The molecule has 1 saturated heterocycles. The summed E-state index contributed by atoms with van der Waals surface area (Å²) in [6, 6.07) is 0.0679. The number of carbonyl (C=O) groups excluding carboxylic acids is 1. The van der Waals surface area contributed by atoms with Gasteiger partial charge in [0, 0.05) is 6.07 Å². The molecule has 1 fully saturated rings. The van der Waals surface area contributed by atoms with Crippen LogP contribution < -0.4 is 16.8 Å². The smallest absolute Gasteiger partial charge is 0.338 e. The van der Waals surface area contributed by atoms with Crippen molar-refractivity contribution in [2.45, 2.75) is 29.6 Å². The van der Waals surface area contributed by atoms with Gasteiger partial charge in [0.2, 0.25) is 5.79 Å². The molecule has 8 N–H and O–H groups in total. The number of carbonyl (C=O) groups is 1. The number of aliphatic imine (C=N–C) groups is 2. The number of benzene rings is 1. The van der Waals surface area contributed by atoms with Crippen molar-refractivity contribution in [3.8, 4) is 0 Å². The number of hydrogen-bond acceptors (Lipinski definition) is 11. The summed E-state index contributed by atoms with van der Waals surface area (Å²) >= 11 is 0. The predicted molar refractivity (Wildman–Crippen MR) is 93.2 cm³/mol. The Balaban J connectivity index is 1.69. The second kappa shape index (κ2) is 6.23. The number of aliphatic hydroxyl groups excluding tert-OH is 1. The summed E-state index contributed by atoms with van der Waals surface area (Å²) in [5.74, 6) is -6.32. The number of rotatable bonds is 3. The van der Waals surface area contributed by atoms with Crippen LogP contribution in [0.2, 0.25) is 0 Å². The summed E-state index contributed by atoms with van der Waals surface area (Å²) in [6.45, 7) is -0.848. The van der Waals surface area contributed by atoms with E-state index in [1.165, 1.54) is 4.90 Å². The number of nitrogens with two attached hydrogens (primary N) is 2. The van der Waals surface area contributed by atoms with Crippen molar-refractivity contribution in [1.82, 2.24) is 10.2 Å². The standard InChI is InChI=1S/C16H18F2N6O5/c17-7-1-6(2-8(18)3-7)12(26)29-10-4-24-14(20)21-9(5-25)11-15(24,16(10,27)28)23-13(19)22-11/h1-3,9-11,25,27-28H,4-5H2,(H2,20,21)(H3,19,22,23)/t9-,10-,11-,15-/m0/s1. The molecule has 156 valence electrons. The first kappa shape index (κ1) is 19.3. The molecule has 0 aliphatic carbocycles. The van der Waals surface area contributed by atoms with Crippen LogP contribution in [-0.2, 0) is 4.74 Å². The molecule has 29 heavy (non-hydrogen) atoms. The van der Waals surface area contributed by atoms with Crippen molar-refractivity contribution in [3.05, 3.63) is 35.4 Å².